The Labute approximate surface area is 152 Å². The van der Waals surface area contributed by atoms with Crippen molar-refractivity contribution in [2.45, 2.75) is 13.1 Å². The second-order valence-electron chi connectivity index (χ2n) is 5.80. The molecule has 2 rings (SSSR count). The molecule has 0 radical (unpaired) electrons. The van der Waals surface area contributed by atoms with E-state index in [1.54, 1.807) is 32.4 Å². The normalized spacial score (nSPS) is 11.5. The molecular formula is C18H24N3O5+. The highest BCUT2D eigenvalue weighted by molar-refractivity contribution is 5.94. The number of urea groups is 1. The van der Waals surface area contributed by atoms with Gasteiger partial charge in [-0.3, -0.25) is 10.1 Å². The van der Waals surface area contributed by atoms with Crippen LogP contribution in [0.3, 0.4) is 0 Å². The maximum Gasteiger partial charge on any atom is 0.321 e. The van der Waals surface area contributed by atoms with Crippen LogP contribution in [0.2, 0.25) is 0 Å². The van der Waals surface area contributed by atoms with Gasteiger partial charge in [0, 0.05) is 11.6 Å². The summed E-state index contributed by atoms with van der Waals surface area (Å²) in [4.78, 5) is 24.6. The molecule has 0 saturated carbocycles. The van der Waals surface area contributed by atoms with E-state index in [-0.39, 0.29) is 19.0 Å². The highest BCUT2D eigenvalue weighted by Crippen LogP contribution is 2.23. The number of likely N-dealkylation sites (N-methyl/N-ethyl adjacent to an activating group) is 1. The highest BCUT2D eigenvalue weighted by Gasteiger charge is 2.16. The number of furan rings is 1. The predicted octanol–water partition coefficient (Wildman–Crippen LogP) is 0.338. The molecule has 8 heteroatoms. The Morgan fingerprint density at radius 3 is 2.65 bits per heavy atom. The summed E-state index contributed by atoms with van der Waals surface area (Å²) in [5.74, 6) is 1.64. The first kappa shape index (κ1) is 19.3. The van der Waals surface area contributed by atoms with Crippen LogP contribution in [0, 0.1) is 0 Å². The molecule has 0 fully saturated rings. The number of methoxy groups -OCH3 is 2. The van der Waals surface area contributed by atoms with E-state index in [4.69, 9.17) is 13.9 Å². The van der Waals surface area contributed by atoms with Crippen molar-refractivity contribution in [1.82, 2.24) is 10.6 Å². The number of quaternary nitrogens is 1. The van der Waals surface area contributed by atoms with E-state index in [1.807, 2.05) is 19.2 Å². The fraction of sp³-hybridized carbons (Fsp3) is 0.333. The second-order valence-corrected chi connectivity index (χ2v) is 5.80. The van der Waals surface area contributed by atoms with Crippen LogP contribution in [-0.4, -0.2) is 39.8 Å². The molecule has 1 heterocycles. The van der Waals surface area contributed by atoms with Gasteiger partial charge in [-0.1, -0.05) is 0 Å². The minimum absolute atomic E-state index is 0.142. The first-order valence-electron chi connectivity index (χ1n) is 8.14. The number of hydrogen-bond acceptors (Lipinski definition) is 5. The number of benzene rings is 1. The lowest BCUT2D eigenvalue weighted by Crippen LogP contribution is -3.09. The van der Waals surface area contributed by atoms with Crippen molar-refractivity contribution < 1.29 is 28.4 Å². The minimum atomic E-state index is -0.554. The smallest absolute Gasteiger partial charge is 0.321 e. The molecule has 0 aliphatic rings. The number of carbonyl (C=O) groups excluding carboxylic acids is 2. The highest BCUT2D eigenvalue weighted by atomic mass is 16.5. The van der Waals surface area contributed by atoms with Gasteiger partial charge in [0.2, 0.25) is 0 Å². The third-order valence-corrected chi connectivity index (χ3v) is 3.71. The van der Waals surface area contributed by atoms with Gasteiger partial charge in [-0.25, -0.2) is 4.79 Å². The monoisotopic (exact) mass is 362 g/mol. The quantitative estimate of drug-likeness (QED) is 0.630. The second kappa shape index (κ2) is 9.47. The summed E-state index contributed by atoms with van der Waals surface area (Å²) in [5, 5.41) is 4.87. The molecule has 1 unspecified atom stereocenters. The Bertz CT molecular complexity index is 730. The SMILES string of the molecule is COc1ccc(C[NH+](C)CC(=O)NC(=O)NCc2ccco2)c(OC)c1. The molecule has 1 aromatic heterocycles. The lowest BCUT2D eigenvalue weighted by molar-refractivity contribution is -0.885. The van der Waals surface area contributed by atoms with Gasteiger partial charge in [-0.2, -0.15) is 0 Å². The average Bonchev–Trinajstić information content (AvgIpc) is 3.13. The Morgan fingerprint density at radius 1 is 1.19 bits per heavy atom. The molecule has 0 aliphatic carbocycles. The summed E-state index contributed by atoms with van der Waals surface area (Å²) in [5.41, 5.74) is 0.945. The maximum atomic E-state index is 12.0. The molecule has 1 aromatic carbocycles. The van der Waals surface area contributed by atoms with E-state index in [0.29, 0.717) is 23.8 Å². The number of nitrogens with one attached hydrogen (secondary N) is 3. The topological polar surface area (TPSA) is 94.2 Å². The van der Waals surface area contributed by atoms with Gasteiger partial charge in [-0.15, -0.1) is 0 Å². The third kappa shape index (κ3) is 5.82. The molecule has 3 amide bonds. The molecule has 2 aromatic rings. The van der Waals surface area contributed by atoms with Gasteiger partial charge in [-0.05, 0) is 24.3 Å². The van der Waals surface area contributed by atoms with Crippen molar-refractivity contribution in [2.24, 2.45) is 0 Å². The van der Waals surface area contributed by atoms with Crippen molar-refractivity contribution in [3.05, 3.63) is 47.9 Å². The summed E-state index contributed by atoms with van der Waals surface area (Å²) in [6, 6.07) is 8.45. The number of imide groups is 1. The molecule has 1 atom stereocenters. The summed E-state index contributed by atoms with van der Waals surface area (Å²) in [6.07, 6.45) is 1.52. The van der Waals surface area contributed by atoms with Crippen LogP contribution in [0.15, 0.2) is 41.0 Å². The van der Waals surface area contributed by atoms with E-state index >= 15 is 0 Å². The predicted molar refractivity (Wildman–Crippen MR) is 94.1 cm³/mol. The van der Waals surface area contributed by atoms with Gasteiger partial charge in [0.15, 0.2) is 6.54 Å². The minimum Gasteiger partial charge on any atom is -0.497 e. The van der Waals surface area contributed by atoms with Crippen LogP contribution < -0.4 is 25.0 Å². The summed E-state index contributed by atoms with van der Waals surface area (Å²) in [6.45, 7) is 0.926. The Kier molecular flexibility index (Phi) is 7.04. The first-order chi connectivity index (χ1) is 12.5. The van der Waals surface area contributed by atoms with Gasteiger partial charge < -0.3 is 24.1 Å². The van der Waals surface area contributed by atoms with Crippen LogP contribution in [0.4, 0.5) is 4.79 Å². The van der Waals surface area contributed by atoms with Crippen LogP contribution >= 0.6 is 0 Å². The average molecular weight is 362 g/mol. The lowest BCUT2D eigenvalue weighted by Gasteiger charge is -2.16. The van der Waals surface area contributed by atoms with Crippen molar-refractivity contribution in [3.8, 4) is 11.5 Å². The van der Waals surface area contributed by atoms with E-state index in [0.717, 1.165) is 10.5 Å². The van der Waals surface area contributed by atoms with Gasteiger partial charge in [0.25, 0.3) is 5.91 Å². The fourth-order valence-corrected chi connectivity index (χ4v) is 2.46. The molecular weight excluding hydrogens is 338 g/mol. The largest absolute Gasteiger partial charge is 0.497 e. The van der Waals surface area contributed by atoms with E-state index in [2.05, 4.69) is 10.6 Å². The molecule has 0 aliphatic heterocycles. The number of hydrogen-bond donors (Lipinski definition) is 3. The fourth-order valence-electron chi connectivity index (χ4n) is 2.46. The summed E-state index contributed by atoms with van der Waals surface area (Å²) >= 11 is 0. The Morgan fingerprint density at radius 2 is 2.00 bits per heavy atom. The molecule has 8 nitrogen and oxygen atoms in total. The first-order valence-corrected chi connectivity index (χ1v) is 8.14. The summed E-state index contributed by atoms with van der Waals surface area (Å²) in [7, 11) is 5.04. The summed E-state index contributed by atoms with van der Waals surface area (Å²) < 4.78 is 15.6. The molecule has 140 valence electrons. The zero-order chi connectivity index (χ0) is 18.9. The van der Waals surface area contributed by atoms with Crippen LogP contribution in [0.1, 0.15) is 11.3 Å². The zero-order valence-electron chi connectivity index (χ0n) is 15.1. The molecule has 0 spiro atoms. The molecule has 0 saturated heterocycles. The van der Waals surface area contributed by atoms with E-state index in [1.165, 1.54) is 6.26 Å². The van der Waals surface area contributed by atoms with Gasteiger partial charge in [0.05, 0.1) is 34.1 Å². The molecule has 26 heavy (non-hydrogen) atoms. The van der Waals surface area contributed by atoms with Crippen LogP contribution in [-0.2, 0) is 17.9 Å². The Balaban J connectivity index is 1.80. The number of carbonyl (C=O) groups is 2. The van der Waals surface area contributed by atoms with E-state index in [9.17, 15) is 9.59 Å². The van der Waals surface area contributed by atoms with Crippen molar-refractivity contribution in [1.29, 1.82) is 0 Å². The lowest BCUT2D eigenvalue weighted by atomic mass is 10.2. The van der Waals surface area contributed by atoms with Crippen LogP contribution in [0.25, 0.3) is 0 Å². The standard InChI is InChI=1S/C18H23N3O5/c1-21(11-13-6-7-14(24-2)9-16(13)25-3)12-17(22)20-18(23)19-10-15-5-4-8-26-15/h4-9H,10-12H2,1-3H3,(H2,19,20,22,23)/p+1. The van der Waals surface area contributed by atoms with Crippen molar-refractivity contribution in [2.75, 3.05) is 27.8 Å². The number of rotatable bonds is 8. The van der Waals surface area contributed by atoms with Gasteiger partial charge >= 0.3 is 6.03 Å². The number of ether oxygens (including phenoxy) is 2. The van der Waals surface area contributed by atoms with Gasteiger partial charge in [0.1, 0.15) is 23.8 Å². The Hall–Kier alpha value is -3.00. The molecule has 0 bridgehead atoms. The zero-order valence-corrected chi connectivity index (χ0v) is 15.1. The maximum absolute atomic E-state index is 12.0. The van der Waals surface area contributed by atoms with Crippen molar-refractivity contribution in [3.63, 3.8) is 0 Å². The van der Waals surface area contributed by atoms with Crippen molar-refractivity contribution >= 4 is 11.9 Å². The third-order valence-electron chi connectivity index (χ3n) is 3.71. The molecule has 3 N–H and O–H groups in total. The van der Waals surface area contributed by atoms with Crippen LogP contribution in [0.5, 0.6) is 11.5 Å². The number of amides is 3. The van der Waals surface area contributed by atoms with E-state index < -0.39 is 6.03 Å².